The van der Waals surface area contributed by atoms with Crippen LogP contribution in [0.3, 0.4) is 0 Å². The average molecular weight is 261 g/mol. The number of anilines is 1. The summed E-state index contributed by atoms with van der Waals surface area (Å²) >= 11 is 0. The van der Waals surface area contributed by atoms with Crippen molar-refractivity contribution in [2.45, 2.75) is 26.7 Å². The van der Waals surface area contributed by atoms with Gasteiger partial charge in [0.1, 0.15) is 12.1 Å². The first kappa shape index (κ1) is 13.3. The molecule has 0 saturated heterocycles. The molecule has 1 aromatic carbocycles. The van der Waals surface area contributed by atoms with E-state index in [2.05, 4.69) is 9.97 Å². The molecule has 2 rings (SSSR count). The third-order valence-corrected chi connectivity index (χ3v) is 2.73. The number of halogens is 1. The van der Waals surface area contributed by atoms with Gasteiger partial charge in [-0.3, -0.25) is 0 Å². The first-order chi connectivity index (χ1) is 9.11. The van der Waals surface area contributed by atoms with Gasteiger partial charge in [0.2, 0.25) is 5.88 Å². The van der Waals surface area contributed by atoms with Gasteiger partial charge in [-0.2, -0.15) is 0 Å². The van der Waals surface area contributed by atoms with E-state index in [1.807, 2.05) is 13.8 Å². The fraction of sp³-hybridized carbons (Fsp3) is 0.286. The second-order valence-electron chi connectivity index (χ2n) is 4.33. The lowest BCUT2D eigenvalue weighted by atomic mass is 10.2. The Morgan fingerprint density at radius 2 is 2.11 bits per heavy atom. The molecule has 0 saturated carbocycles. The van der Waals surface area contributed by atoms with Crippen LogP contribution in [0.15, 0.2) is 24.5 Å². The topological polar surface area (TPSA) is 61.0 Å². The lowest BCUT2D eigenvalue weighted by molar-refractivity contribution is 0.421. The van der Waals surface area contributed by atoms with Crippen LogP contribution in [0.25, 0.3) is 0 Å². The van der Waals surface area contributed by atoms with E-state index in [0.29, 0.717) is 23.7 Å². The molecule has 1 heterocycles. The number of nitrogens with zero attached hydrogens (tertiary/aromatic N) is 2. The lowest BCUT2D eigenvalue weighted by Crippen LogP contribution is -2.03. The maximum absolute atomic E-state index is 13.7. The molecule has 0 radical (unpaired) electrons. The van der Waals surface area contributed by atoms with Crippen LogP contribution in [0, 0.1) is 12.7 Å². The number of hydrogen-bond acceptors (Lipinski definition) is 4. The fourth-order valence-electron chi connectivity index (χ4n) is 1.77. The number of benzene rings is 1. The van der Waals surface area contributed by atoms with Crippen LogP contribution in [0.2, 0.25) is 0 Å². The second kappa shape index (κ2) is 5.65. The van der Waals surface area contributed by atoms with E-state index in [1.54, 1.807) is 12.1 Å². The second-order valence-corrected chi connectivity index (χ2v) is 4.33. The number of nitrogen functional groups attached to an aromatic ring is 1. The molecule has 4 nitrogen and oxygen atoms in total. The molecule has 19 heavy (non-hydrogen) atoms. The molecule has 1 aromatic heterocycles. The number of aryl methyl sites for hydroxylation is 1. The lowest BCUT2D eigenvalue weighted by Gasteiger charge is -2.11. The average Bonchev–Trinajstić information content (AvgIpc) is 2.38. The van der Waals surface area contributed by atoms with E-state index < -0.39 is 5.82 Å². The van der Waals surface area contributed by atoms with Crippen LogP contribution >= 0.6 is 0 Å². The highest BCUT2D eigenvalue weighted by Crippen LogP contribution is 2.29. The zero-order chi connectivity index (χ0) is 13.8. The standard InChI is InChI=1S/C14H16FN3O/c1-3-4-10-13(16)17-8-18-14(10)19-12-7-9(2)5-6-11(12)15/h5-8H,3-4H2,1-2H3,(H2,16,17,18). The molecule has 0 aliphatic rings. The highest BCUT2D eigenvalue weighted by molar-refractivity contribution is 5.46. The summed E-state index contributed by atoms with van der Waals surface area (Å²) in [7, 11) is 0. The largest absolute Gasteiger partial charge is 0.435 e. The third-order valence-electron chi connectivity index (χ3n) is 2.73. The Morgan fingerprint density at radius 1 is 1.32 bits per heavy atom. The maximum Gasteiger partial charge on any atom is 0.227 e. The quantitative estimate of drug-likeness (QED) is 0.917. The molecule has 0 aliphatic heterocycles. The van der Waals surface area contributed by atoms with Gasteiger partial charge in [0.15, 0.2) is 11.6 Å². The number of rotatable bonds is 4. The van der Waals surface area contributed by atoms with Crippen LogP contribution in [-0.2, 0) is 6.42 Å². The number of nitrogens with two attached hydrogens (primary N) is 1. The van der Waals surface area contributed by atoms with Gasteiger partial charge in [-0.15, -0.1) is 0 Å². The van der Waals surface area contributed by atoms with E-state index in [-0.39, 0.29) is 5.75 Å². The van der Waals surface area contributed by atoms with Crippen LogP contribution < -0.4 is 10.5 Å². The van der Waals surface area contributed by atoms with Gasteiger partial charge in [-0.1, -0.05) is 19.4 Å². The number of aromatic nitrogens is 2. The van der Waals surface area contributed by atoms with Gasteiger partial charge < -0.3 is 10.5 Å². The molecular weight excluding hydrogens is 245 g/mol. The smallest absolute Gasteiger partial charge is 0.227 e. The summed E-state index contributed by atoms with van der Waals surface area (Å²) in [5.74, 6) is 0.416. The van der Waals surface area contributed by atoms with Crippen molar-refractivity contribution in [2.24, 2.45) is 0 Å². The summed E-state index contributed by atoms with van der Waals surface area (Å²) in [6, 6.07) is 4.68. The predicted octanol–water partition coefficient (Wildman–Crippen LogP) is 3.25. The molecule has 0 bridgehead atoms. The zero-order valence-electron chi connectivity index (χ0n) is 11.0. The van der Waals surface area contributed by atoms with E-state index in [1.165, 1.54) is 12.4 Å². The van der Waals surface area contributed by atoms with Crippen molar-refractivity contribution in [2.75, 3.05) is 5.73 Å². The molecule has 2 aromatic rings. The Hall–Kier alpha value is -2.17. The van der Waals surface area contributed by atoms with Crippen molar-refractivity contribution in [3.8, 4) is 11.6 Å². The van der Waals surface area contributed by atoms with Crippen molar-refractivity contribution in [3.05, 3.63) is 41.5 Å². The first-order valence-corrected chi connectivity index (χ1v) is 6.15. The summed E-state index contributed by atoms with van der Waals surface area (Å²) in [6.45, 7) is 3.89. The SMILES string of the molecule is CCCc1c(N)ncnc1Oc1cc(C)ccc1F. The van der Waals surface area contributed by atoms with Crippen LogP contribution in [-0.4, -0.2) is 9.97 Å². The predicted molar refractivity (Wildman–Crippen MR) is 71.7 cm³/mol. The van der Waals surface area contributed by atoms with Gasteiger partial charge in [0.05, 0.1) is 5.56 Å². The van der Waals surface area contributed by atoms with Crippen molar-refractivity contribution < 1.29 is 9.13 Å². The van der Waals surface area contributed by atoms with Gasteiger partial charge in [-0.05, 0) is 31.0 Å². The highest BCUT2D eigenvalue weighted by atomic mass is 19.1. The Labute approximate surface area is 111 Å². The minimum Gasteiger partial charge on any atom is -0.435 e. The molecule has 0 spiro atoms. The number of hydrogen-bond donors (Lipinski definition) is 1. The van der Waals surface area contributed by atoms with Crippen LogP contribution in [0.4, 0.5) is 10.2 Å². The zero-order valence-corrected chi connectivity index (χ0v) is 11.0. The van der Waals surface area contributed by atoms with Gasteiger partial charge >= 0.3 is 0 Å². The summed E-state index contributed by atoms with van der Waals surface area (Å²) in [5.41, 5.74) is 7.43. The minimum absolute atomic E-state index is 0.149. The van der Waals surface area contributed by atoms with Gasteiger partial charge in [-0.25, -0.2) is 14.4 Å². The molecule has 0 fully saturated rings. The molecular formula is C14H16FN3O. The molecule has 5 heteroatoms. The Kier molecular flexibility index (Phi) is 3.94. The summed E-state index contributed by atoms with van der Waals surface area (Å²) < 4.78 is 19.2. The van der Waals surface area contributed by atoms with E-state index in [9.17, 15) is 4.39 Å². The maximum atomic E-state index is 13.7. The van der Waals surface area contributed by atoms with E-state index in [4.69, 9.17) is 10.5 Å². The summed E-state index contributed by atoms with van der Waals surface area (Å²) in [5, 5.41) is 0. The van der Waals surface area contributed by atoms with Crippen LogP contribution in [0.5, 0.6) is 11.6 Å². The normalized spacial score (nSPS) is 10.5. The molecule has 2 N–H and O–H groups in total. The number of ether oxygens (including phenoxy) is 1. The minimum atomic E-state index is -0.426. The summed E-state index contributed by atoms with van der Waals surface area (Å²) in [6.07, 6.45) is 2.89. The molecule has 0 aliphatic carbocycles. The Balaban J connectivity index is 2.37. The Morgan fingerprint density at radius 3 is 2.84 bits per heavy atom. The third kappa shape index (κ3) is 2.99. The summed E-state index contributed by atoms with van der Waals surface area (Å²) in [4.78, 5) is 7.98. The monoisotopic (exact) mass is 261 g/mol. The van der Waals surface area contributed by atoms with Crippen LogP contribution in [0.1, 0.15) is 24.5 Å². The molecule has 100 valence electrons. The van der Waals surface area contributed by atoms with Gasteiger partial charge in [0, 0.05) is 0 Å². The fourth-order valence-corrected chi connectivity index (χ4v) is 1.77. The van der Waals surface area contributed by atoms with Crippen molar-refractivity contribution in [1.82, 2.24) is 9.97 Å². The van der Waals surface area contributed by atoms with Gasteiger partial charge in [0.25, 0.3) is 0 Å². The van der Waals surface area contributed by atoms with Crippen molar-refractivity contribution in [1.29, 1.82) is 0 Å². The molecule has 0 atom stereocenters. The van der Waals surface area contributed by atoms with Crippen molar-refractivity contribution in [3.63, 3.8) is 0 Å². The van der Waals surface area contributed by atoms with Crippen molar-refractivity contribution >= 4 is 5.82 Å². The molecule has 0 amide bonds. The highest BCUT2D eigenvalue weighted by Gasteiger charge is 2.13. The Bertz CT molecular complexity index is 587. The molecule has 0 unspecified atom stereocenters. The van der Waals surface area contributed by atoms with E-state index >= 15 is 0 Å². The first-order valence-electron chi connectivity index (χ1n) is 6.15. The van der Waals surface area contributed by atoms with E-state index in [0.717, 1.165) is 12.0 Å².